The summed E-state index contributed by atoms with van der Waals surface area (Å²) < 4.78 is 38.2. The van der Waals surface area contributed by atoms with Crippen molar-refractivity contribution < 1.29 is 23.1 Å². The van der Waals surface area contributed by atoms with Gasteiger partial charge in [0.25, 0.3) is 11.5 Å². The third-order valence-electron chi connectivity index (χ3n) is 4.61. The van der Waals surface area contributed by atoms with E-state index >= 15 is 0 Å². The topological polar surface area (TPSA) is 82.2 Å². The van der Waals surface area contributed by atoms with E-state index in [1.54, 1.807) is 6.92 Å². The summed E-state index contributed by atoms with van der Waals surface area (Å²) in [6.07, 6.45) is -2.40. The molecule has 1 atom stereocenters. The number of hydrogen-bond donors (Lipinski definition) is 3. The second-order valence-electron chi connectivity index (χ2n) is 6.40. The van der Waals surface area contributed by atoms with E-state index < -0.39 is 23.6 Å². The second-order valence-corrected chi connectivity index (χ2v) is 6.40. The normalized spacial score (nSPS) is 22.2. The van der Waals surface area contributed by atoms with Crippen molar-refractivity contribution in [3.05, 3.63) is 40.3 Å². The van der Waals surface area contributed by atoms with Crippen LogP contribution in [0.4, 0.5) is 13.2 Å². The number of aromatic hydroxyl groups is 1. The molecule has 1 aromatic rings. The van der Waals surface area contributed by atoms with Crippen molar-refractivity contribution in [2.75, 3.05) is 0 Å². The summed E-state index contributed by atoms with van der Waals surface area (Å²) >= 11 is 0. The molecule has 0 saturated heterocycles. The Morgan fingerprint density at radius 1 is 1.40 bits per heavy atom. The van der Waals surface area contributed by atoms with Crippen LogP contribution in [0, 0.1) is 5.92 Å². The first kappa shape index (κ1) is 19.1. The Bertz CT molecular complexity index is 704. The first-order valence-electron chi connectivity index (χ1n) is 8.09. The number of pyridine rings is 1. The number of carbonyl (C=O) groups excluding carboxylic acids is 1. The quantitative estimate of drug-likeness (QED) is 0.723. The molecule has 0 unspecified atom stereocenters. The zero-order valence-electron chi connectivity index (χ0n) is 13.8. The highest BCUT2D eigenvalue weighted by Crippen LogP contribution is 2.43. The molecule has 1 aliphatic rings. The van der Waals surface area contributed by atoms with E-state index in [1.807, 2.05) is 0 Å². The van der Waals surface area contributed by atoms with Crippen molar-refractivity contribution in [3.8, 4) is 5.75 Å². The molecule has 1 heterocycles. The van der Waals surface area contributed by atoms with Gasteiger partial charge in [-0.2, -0.15) is 13.2 Å². The summed E-state index contributed by atoms with van der Waals surface area (Å²) in [5.74, 6) is -2.65. The highest BCUT2D eigenvalue weighted by Gasteiger charge is 2.42. The second kappa shape index (κ2) is 7.33. The van der Waals surface area contributed by atoms with Gasteiger partial charge in [0.15, 0.2) is 0 Å². The average molecular weight is 358 g/mol. The number of nitrogens with one attached hydrogen (secondary N) is 2. The van der Waals surface area contributed by atoms with Gasteiger partial charge in [-0.05, 0) is 32.6 Å². The SMILES string of the molecule is C=C[C@H](C)NC(=O)c1cc(O)c(C2CCC(C(F)(F)F)CC2)[nH]c1=O. The van der Waals surface area contributed by atoms with Crippen LogP contribution in [0.25, 0.3) is 0 Å². The van der Waals surface area contributed by atoms with Crippen LogP contribution in [0.5, 0.6) is 5.75 Å². The van der Waals surface area contributed by atoms with E-state index in [1.165, 1.54) is 6.08 Å². The van der Waals surface area contributed by atoms with E-state index in [9.17, 15) is 27.9 Å². The van der Waals surface area contributed by atoms with Crippen molar-refractivity contribution in [1.82, 2.24) is 10.3 Å². The summed E-state index contributed by atoms with van der Waals surface area (Å²) in [6.45, 7) is 5.19. The van der Waals surface area contributed by atoms with Crippen LogP contribution >= 0.6 is 0 Å². The van der Waals surface area contributed by atoms with Crippen LogP contribution in [-0.4, -0.2) is 28.2 Å². The fourth-order valence-corrected chi connectivity index (χ4v) is 3.07. The number of alkyl halides is 3. The fourth-order valence-electron chi connectivity index (χ4n) is 3.07. The number of rotatable bonds is 4. The molecule has 3 N–H and O–H groups in total. The van der Waals surface area contributed by atoms with E-state index in [2.05, 4.69) is 16.9 Å². The zero-order valence-corrected chi connectivity index (χ0v) is 13.8. The van der Waals surface area contributed by atoms with Gasteiger partial charge in [0.2, 0.25) is 0 Å². The molecular formula is C17H21F3N2O3. The number of aromatic nitrogens is 1. The molecule has 0 aliphatic heterocycles. The van der Waals surface area contributed by atoms with E-state index in [-0.39, 0.29) is 54.6 Å². The molecule has 0 aromatic carbocycles. The zero-order chi connectivity index (χ0) is 18.8. The molecule has 1 saturated carbocycles. The van der Waals surface area contributed by atoms with Crippen molar-refractivity contribution in [1.29, 1.82) is 0 Å². The molecule has 1 amide bonds. The number of H-pyrrole nitrogens is 1. The molecule has 25 heavy (non-hydrogen) atoms. The first-order valence-corrected chi connectivity index (χ1v) is 8.09. The van der Waals surface area contributed by atoms with Gasteiger partial charge in [-0.25, -0.2) is 0 Å². The van der Waals surface area contributed by atoms with Gasteiger partial charge in [-0.3, -0.25) is 9.59 Å². The summed E-state index contributed by atoms with van der Waals surface area (Å²) in [6, 6.07) is 0.709. The van der Waals surface area contributed by atoms with Crippen LogP contribution in [0.2, 0.25) is 0 Å². The number of carbonyl (C=O) groups is 1. The van der Waals surface area contributed by atoms with Gasteiger partial charge in [0, 0.05) is 18.0 Å². The Morgan fingerprint density at radius 3 is 2.52 bits per heavy atom. The maximum Gasteiger partial charge on any atom is 0.391 e. The molecular weight excluding hydrogens is 337 g/mol. The Morgan fingerprint density at radius 2 is 2.00 bits per heavy atom. The summed E-state index contributed by atoms with van der Waals surface area (Å²) in [7, 11) is 0. The van der Waals surface area contributed by atoms with Crippen LogP contribution in [0.3, 0.4) is 0 Å². The molecule has 1 aromatic heterocycles. The predicted molar refractivity (Wildman–Crippen MR) is 86.6 cm³/mol. The Kier molecular flexibility index (Phi) is 5.59. The highest BCUT2D eigenvalue weighted by atomic mass is 19.4. The number of aromatic amines is 1. The lowest BCUT2D eigenvalue weighted by atomic mass is 9.80. The largest absolute Gasteiger partial charge is 0.506 e. The molecule has 0 radical (unpaired) electrons. The monoisotopic (exact) mass is 358 g/mol. The summed E-state index contributed by atoms with van der Waals surface area (Å²) in [5, 5.41) is 12.7. The fraction of sp³-hybridized carbons (Fsp3) is 0.529. The average Bonchev–Trinajstić information content (AvgIpc) is 2.55. The minimum atomic E-state index is -4.22. The molecule has 138 valence electrons. The van der Waals surface area contributed by atoms with Crippen LogP contribution in [-0.2, 0) is 0 Å². The van der Waals surface area contributed by atoms with Gasteiger partial charge in [0.1, 0.15) is 11.3 Å². The van der Waals surface area contributed by atoms with Crippen LogP contribution < -0.4 is 10.9 Å². The van der Waals surface area contributed by atoms with Gasteiger partial charge in [-0.1, -0.05) is 6.08 Å². The van der Waals surface area contributed by atoms with Gasteiger partial charge in [0.05, 0.1) is 11.6 Å². The molecule has 8 heteroatoms. The molecule has 0 bridgehead atoms. The number of amides is 1. The standard InChI is InChI=1S/C17H21F3N2O3/c1-3-9(2)21-15(24)12-8-13(23)14(22-16(12)25)10-4-6-11(7-5-10)17(18,19)20/h3,8-11,23H,1,4-7H2,2H3,(H,21,24)(H,22,25)/t9-,10?,11?/m0/s1. The summed E-state index contributed by atoms with van der Waals surface area (Å²) in [4.78, 5) is 26.6. The Balaban J connectivity index is 2.17. The Labute approximate surface area is 142 Å². The minimum Gasteiger partial charge on any atom is -0.506 e. The minimum absolute atomic E-state index is 0.0469. The third kappa shape index (κ3) is 4.43. The summed E-state index contributed by atoms with van der Waals surface area (Å²) in [5.41, 5.74) is -0.739. The maximum atomic E-state index is 12.7. The molecule has 5 nitrogen and oxygen atoms in total. The predicted octanol–water partition coefficient (Wildman–Crippen LogP) is 3.22. The first-order chi connectivity index (χ1) is 11.6. The lowest BCUT2D eigenvalue weighted by Crippen LogP contribution is -2.35. The van der Waals surface area contributed by atoms with Crippen LogP contribution in [0.15, 0.2) is 23.5 Å². The molecule has 1 fully saturated rings. The molecule has 0 spiro atoms. The highest BCUT2D eigenvalue weighted by molar-refractivity contribution is 5.94. The van der Waals surface area contributed by atoms with Crippen molar-refractivity contribution in [2.45, 2.75) is 50.7 Å². The third-order valence-corrected chi connectivity index (χ3v) is 4.61. The molecule has 2 rings (SSSR count). The lowest BCUT2D eigenvalue weighted by molar-refractivity contribution is -0.182. The molecule has 1 aliphatic carbocycles. The van der Waals surface area contributed by atoms with Crippen LogP contribution in [0.1, 0.15) is 54.6 Å². The van der Waals surface area contributed by atoms with E-state index in [4.69, 9.17) is 0 Å². The van der Waals surface area contributed by atoms with E-state index in [0.29, 0.717) is 0 Å². The van der Waals surface area contributed by atoms with Crippen molar-refractivity contribution in [3.63, 3.8) is 0 Å². The van der Waals surface area contributed by atoms with E-state index in [0.717, 1.165) is 6.07 Å². The van der Waals surface area contributed by atoms with Crippen molar-refractivity contribution >= 4 is 5.91 Å². The van der Waals surface area contributed by atoms with Gasteiger partial charge >= 0.3 is 6.18 Å². The maximum absolute atomic E-state index is 12.7. The van der Waals surface area contributed by atoms with Gasteiger partial charge < -0.3 is 15.4 Å². The number of halogens is 3. The lowest BCUT2D eigenvalue weighted by Gasteiger charge is -2.30. The van der Waals surface area contributed by atoms with Gasteiger partial charge in [-0.15, -0.1) is 6.58 Å². The van der Waals surface area contributed by atoms with Crippen molar-refractivity contribution in [2.24, 2.45) is 5.92 Å². The Hall–Kier alpha value is -2.25. The smallest absolute Gasteiger partial charge is 0.391 e. The number of hydrogen-bond acceptors (Lipinski definition) is 3.